The number of carboxylic acid groups (broad SMARTS) is 1. The third-order valence-electron chi connectivity index (χ3n) is 7.86. The number of aromatic nitrogens is 2. The van der Waals surface area contributed by atoms with Crippen LogP contribution in [0.4, 0.5) is 9.59 Å². The number of rotatable bonds is 2. The monoisotopic (exact) mass is 489 g/mol. The molecule has 188 valence electrons. The Kier molecular flexibility index (Phi) is 5.79. The number of urea groups is 1. The van der Waals surface area contributed by atoms with Crippen LogP contribution in [0.1, 0.15) is 41.1 Å². The molecule has 0 aliphatic carbocycles. The van der Waals surface area contributed by atoms with Crippen LogP contribution in [0.15, 0.2) is 30.6 Å². The van der Waals surface area contributed by atoms with Crippen molar-refractivity contribution in [3.05, 3.63) is 52.8 Å². The average Bonchev–Trinajstić information content (AvgIpc) is 3.55. The number of aryl methyl sites for hydroxylation is 1. The molecule has 2 aromatic heterocycles. The first-order valence-corrected chi connectivity index (χ1v) is 12.7. The van der Waals surface area contributed by atoms with Crippen LogP contribution in [0.5, 0.6) is 0 Å². The minimum absolute atomic E-state index is 0.0399. The van der Waals surface area contributed by atoms with E-state index in [0.717, 1.165) is 58.1 Å². The van der Waals surface area contributed by atoms with Crippen molar-refractivity contribution in [2.75, 3.05) is 39.4 Å². The van der Waals surface area contributed by atoms with Crippen molar-refractivity contribution < 1.29 is 19.4 Å². The second-order valence-corrected chi connectivity index (χ2v) is 9.98. The normalized spacial score (nSPS) is 20.1. The standard InChI is InChI=1S/C27H31N5O4/c1-17-14-28-25-21(17)13-20(15-29-25)19-11-18-4-6-31(26(33)30-7-9-36-10-8-30)16-23(18)22(12-19)24-3-2-5-32(24)27(34)35/h11-15,24H,2-10,16H2,1H3,(H,28,29)(H,34,35)/t24-/m0/s1. The fraction of sp³-hybridized carbons (Fsp3) is 0.444. The summed E-state index contributed by atoms with van der Waals surface area (Å²) in [6, 6.07) is 6.33. The highest BCUT2D eigenvalue weighted by Gasteiger charge is 2.35. The fourth-order valence-corrected chi connectivity index (χ4v) is 5.89. The first-order valence-electron chi connectivity index (χ1n) is 12.7. The minimum atomic E-state index is -0.889. The number of pyridine rings is 1. The highest BCUT2D eigenvalue weighted by atomic mass is 16.5. The summed E-state index contributed by atoms with van der Waals surface area (Å²) in [4.78, 5) is 38.5. The zero-order valence-electron chi connectivity index (χ0n) is 20.5. The molecular weight excluding hydrogens is 458 g/mol. The van der Waals surface area contributed by atoms with Crippen molar-refractivity contribution in [3.8, 4) is 11.1 Å². The number of aromatic amines is 1. The van der Waals surface area contributed by atoms with Crippen LogP contribution >= 0.6 is 0 Å². The Morgan fingerprint density at radius 2 is 1.92 bits per heavy atom. The number of carbonyl (C=O) groups excluding carboxylic acids is 1. The average molecular weight is 490 g/mol. The van der Waals surface area contributed by atoms with E-state index in [1.54, 1.807) is 4.90 Å². The highest BCUT2D eigenvalue weighted by molar-refractivity contribution is 5.85. The molecule has 6 rings (SSSR count). The molecule has 1 aromatic carbocycles. The van der Waals surface area contributed by atoms with E-state index in [-0.39, 0.29) is 12.1 Å². The second-order valence-electron chi connectivity index (χ2n) is 9.98. The molecule has 1 atom stereocenters. The van der Waals surface area contributed by atoms with Gasteiger partial charge < -0.3 is 29.5 Å². The van der Waals surface area contributed by atoms with Crippen molar-refractivity contribution in [2.45, 2.75) is 38.8 Å². The Labute approximate surface area is 209 Å². The van der Waals surface area contributed by atoms with E-state index in [0.29, 0.717) is 45.9 Å². The summed E-state index contributed by atoms with van der Waals surface area (Å²) in [7, 11) is 0. The lowest BCUT2D eigenvalue weighted by Crippen LogP contribution is -2.49. The first-order chi connectivity index (χ1) is 17.5. The lowest BCUT2D eigenvalue weighted by Gasteiger charge is -2.37. The quantitative estimate of drug-likeness (QED) is 0.563. The van der Waals surface area contributed by atoms with E-state index >= 15 is 0 Å². The van der Waals surface area contributed by atoms with E-state index in [4.69, 9.17) is 4.74 Å². The lowest BCUT2D eigenvalue weighted by molar-refractivity contribution is 0.0421. The van der Waals surface area contributed by atoms with Crippen molar-refractivity contribution in [1.82, 2.24) is 24.7 Å². The molecule has 2 fully saturated rings. The van der Waals surface area contributed by atoms with Crippen LogP contribution in [0.25, 0.3) is 22.2 Å². The summed E-state index contributed by atoms with van der Waals surface area (Å²) in [6.07, 6.45) is 5.31. The molecule has 0 spiro atoms. The predicted octanol–water partition coefficient (Wildman–Crippen LogP) is 4.16. The fourth-order valence-electron chi connectivity index (χ4n) is 5.89. The lowest BCUT2D eigenvalue weighted by atomic mass is 9.87. The van der Waals surface area contributed by atoms with E-state index in [1.807, 2.05) is 22.2 Å². The number of morpholine rings is 1. The van der Waals surface area contributed by atoms with Crippen LogP contribution in [-0.2, 0) is 17.7 Å². The summed E-state index contributed by atoms with van der Waals surface area (Å²) < 4.78 is 5.42. The van der Waals surface area contributed by atoms with Gasteiger partial charge in [-0.3, -0.25) is 0 Å². The number of fused-ring (bicyclic) bond motifs is 2. The molecule has 0 saturated carbocycles. The van der Waals surface area contributed by atoms with Gasteiger partial charge in [-0.15, -0.1) is 0 Å². The molecule has 2 N–H and O–H groups in total. The zero-order valence-corrected chi connectivity index (χ0v) is 20.5. The maximum atomic E-state index is 13.3. The number of nitrogens with one attached hydrogen (secondary N) is 1. The van der Waals surface area contributed by atoms with Crippen molar-refractivity contribution >= 4 is 23.2 Å². The van der Waals surface area contributed by atoms with Gasteiger partial charge in [-0.1, -0.05) is 6.07 Å². The molecular formula is C27H31N5O4. The number of H-pyrrole nitrogens is 1. The molecule has 5 heterocycles. The Bertz CT molecular complexity index is 1330. The van der Waals surface area contributed by atoms with E-state index in [9.17, 15) is 14.7 Å². The Morgan fingerprint density at radius 1 is 1.08 bits per heavy atom. The topological polar surface area (TPSA) is 102 Å². The first kappa shape index (κ1) is 22.8. The number of benzene rings is 1. The van der Waals surface area contributed by atoms with Crippen molar-refractivity contribution in [2.24, 2.45) is 0 Å². The molecule has 3 amide bonds. The van der Waals surface area contributed by atoms with Crippen LogP contribution in [0.3, 0.4) is 0 Å². The van der Waals surface area contributed by atoms with Crippen LogP contribution in [-0.4, -0.2) is 81.3 Å². The van der Waals surface area contributed by atoms with Gasteiger partial charge in [0.2, 0.25) is 0 Å². The minimum Gasteiger partial charge on any atom is -0.465 e. The van der Waals surface area contributed by atoms with Crippen LogP contribution in [0, 0.1) is 6.92 Å². The number of carbonyl (C=O) groups is 2. The molecule has 3 aliphatic heterocycles. The number of hydrogen-bond donors (Lipinski definition) is 2. The molecule has 9 heteroatoms. The third-order valence-corrected chi connectivity index (χ3v) is 7.86. The molecule has 3 aliphatic rings. The maximum absolute atomic E-state index is 13.3. The number of amides is 3. The van der Waals surface area contributed by atoms with Gasteiger partial charge in [-0.2, -0.15) is 0 Å². The van der Waals surface area contributed by atoms with Gasteiger partial charge >= 0.3 is 12.1 Å². The second kappa shape index (κ2) is 9.13. The van der Waals surface area contributed by atoms with Gasteiger partial charge in [0.25, 0.3) is 0 Å². The van der Waals surface area contributed by atoms with Crippen LogP contribution in [0.2, 0.25) is 0 Å². The van der Waals surface area contributed by atoms with Gasteiger partial charge in [0.1, 0.15) is 5.65 Å². The molecule has 36 heavy (non-hydrogen) atoms. The molecule has 3 aromatic rings. The predicted molar refractivity (Wildman–Crippen MR) is 135 cm³/mol. The van der Waals surface area contributed by atoms with E-state index < -0.39 is 6.09 Å². The third kappa shape index (κ3) is 3.97. The number of likely N-dealkylation sites (tertiary alicyclic amines) is 1. The number of nitrogens with zero attached hydrogens (tertiary/aromatic N) is 4. The Morgan fingerprint density at radius 3 is 2.72 bits per heavy atom. The summed E-state index contributed by atoms with van der Waals surface area (Å²) >= 11 is 0. The molecule has 0 radical (unpaired) electrons. The van der Waals surface area contributed by atoms with E-state index in [2.05, 4.69) is 35.1 Å². The van der Waals surface area contributed by atoms with E-state index in [1.165, 1.54) is 5.56 Å². The van der Waals surface area contributed by atoms with Gasteiger partial charge in [0, 0.05) is 56.1 Å². The van der Waals surface area contributed by atoms with Gasteiger partial charge in [-0.05, 0) is 66.1 Å². The van der Waals surface area contributed by atoms with Crippen molar-refractivity contribution in [1.29, 1.82) is 0 Å². The largest absolute Gasteiger partial charge is 0.465 e. The Hall–Kier alpha value is -3.59. The SMILES string of the molecule is Cc1c[nH]c2ncc(-c3cc4c(c([C@@H]5CCCN5C(=O)O)c3)CN(C(=O)N3CCOCC3)CC4)cc12. The number of ether oxygens (including phenoxy) is 1. The summed E-state index contributed by atoms with van der Waals surface area (Å²) in [5.41, 5.74) is 7.37. The zero-order chi connectivity index (χ0) is 24.8. The molecule has 9 nitrogen and oxygen atoms in total. The Balaban J connectivity index is 1.41. The smallest absolute Gasteiger partial charge is 0.407 e. The van der Waals surface area contributed by atoms with Gasteiger partial charge in [0.15, 0.2) is 0 Å². The molecule has 0 unspecified atom stereocenters. The van der Waals surface area contributed by atoms with Gasteiger partial charge in [0.05, 0.1) is 19.3 Å². The molecule has 2 saturated heterocycles. The summed E-state index contributed by atoms with van der Waals surface area (Å²) in [6.45, 7) is 6.10. The number of hydrogen-bond acceptors (Lipinski definition) is 4. The molecule has 0 bridgehead atoms. The summed E-state index contributed by atoms with van der Waals surface area (Å²) in [5, 5.41) is 11.0. The highest BCUT2D eigenvalue weighted by Crippen LogP contribution is 2.40. The van der Waals surface area contributed by atoms with Crippen molar-refractivity contribution in [3.63, 3.8) is 0 Å². The van der Waals surface area contributed by atoms with Gasteiger partial charge in [-0.25, -0.2) is 14.6 Å². The maximum Gasteiger partial charge on any atom is 0.407 e. The van der Waals surface area contributed by atoms with Crippen LogP contribution < -0.4 is 0 Å². The summed E-state index contributed by atoms with van der Waals surface area (Å²) in [5.74, 6) is 0.